The summed E-state index contributed by atoms with van der Waals surface area (Å²) in [5, 5.41) is 0.262. The molecule has 0 aliphatic carbocycles. The Balaban J connectivity index is 2.11. The molecule has 1 saturated heterocycles. The van der Waals surface area contributed by atoms with Crippen LogP contribution in [0.3, 0.4) is 0 Å². The zero-order valence-corrected chi connectivity index (χ0v) is 13.3. The molecule has 2 rings (SSSR count). The normalized spacial score (nSPS) is 20.0. The van der Waals surface area contributed by atoms with Gasteiger partial charge in [0.15, 0.2) is 0 Å². The quantitative estimate of drug-likeness (QED) is 0.851. The molecule has 1 heterocycles. The Morgan fingerprint density at radius 1 is 1.40 bits per heavy atom. The first-order chi connectivity index (χ1) is 9.53. The summed E-state index contributed by atoms with van der Waals surface area (Å²) in [4.78, 5) is -0.0616. The summed E-state index contributed by atoms with van der Waals surface area (Å²) in [6, 6.07) is 3.65. The third kappa shape index (κ3) is 4.11. The van der Waals surface area contributed by atoms with Crippen LogP contribution >= 0.6 is 23.5 Å². The number of benzene rings is 1. The van der Waals surface area contributed by atoms with E-state index in [-0.39, 0.29) is 16.7 Å². The Kier molecular flexibility index (Phi) is 5.74. The zero-order valence-electron chi connectivity index (χ0n) is 10.8. The number of nitrogens with one attached hydrogen (secondary N) is 1. The number of hydrogen-bond acceptors (Lipinski definition) is 5. The van der Waals surface area contributed by atoms with Gasteiger partial charge in [0.05, 0.1) is 4.90 Å². The molecule has 0 aromatic heterocycles. The predicted molar refractivity (Wildman–Crippen MR) is 83.1 cm³/mol. The van der Waals surface area contributed by atoms with E-state index in [1.807, 2.05) is 11.8 Å². The Bertz CT molecular complexity index is 560. The molecule has 0 bridgehead atoms. The van der Waals surface area contributed by atoms with Crippen molar-refractivity contribution in [3.05, 3.63) is 29.6 Å². The van der Waals surface area contributed by atoms with Crippen LogP contribution < -0.4 is 10.5 Å². The van der Waals surface area contributed by atoms with E-state index in [1.54, 1.807) is 11.8 Å². The van der Waals surface area contributed by atoms with Crippen molar-refractivity contribution in [2.75, 3.05) is 23.8 Å². The van der Waals surface area contributed by atoms with Gasteiger partial charge in [0.2, 0.25) is 10.0 Å². The summed E-state index contributed by atoms with van der Waals surface area (Å²) < 4.78 is 40.3. The highest BCUT2D eigenvalue weighted by molar-refractivity contribution is 8.06. The lowest BCUT2D eigenvalue weighted by atomic mass is 10.2. The van der Waals surface area contributed by atoms with Gasteiger partial charge in [0.1, 0.15) is 5.82 Å². The van der Waals surface area contributed by atoms with Crippen LogP contribution in [0, 0.1) is 5.82 Å². The fourth-order valence-electron chi connectivity index (χ4n) is 1.88. The Labute approximate surface area is 127 Å². The summed E-state index contributed by atoms with van der Waals surface area (Å²) in [5.74, 6) is 2.49. The standard InChI is InChI=1S/C12H17FN2O2S3/c13-10-2-1-9(6-14)12(5-10)20(16,17)15-7-11-8-18-3-4-19-11/h1-2,5,11,15H,3-4,6-8,14H2. The molecular weight excluding hydrogens is 319 g/mol. The van der Waals surface area contributed by atoms with Crippen LogP contribution in [0.2, 0.25) is 0 Å². The lowest BCUT2D eigenvalue weighted by Crippen LogP contribution is -2.34. The SMILES string of the molecule is NCc1ccc(F)cc1S(=O)(=O)NCC1CSCCS1. The molecule has 0 radical (unpaired) electrons. The van der Waals surface area contributed by atoms with E-state index in [2.05, 4.69) is 4.72 Å². The van der Waals surface area contributed by atoms with Crippen molar-refractivity contribution < 1.29 is 12.8 Å². The van der Waals surface area contributed by atoms with Gasteiger partial charge in [-0.15, -0.1) is 0 Å². The molecule has 0 saturated carbocycles. The predicted octanol–water partition coefficient (Wildman–Crippen LogP) is 1.41. The van der Waals surface area contributed by atoms with Crippen molar-refractivity contribution in [1.82, 2.24) is 4.72 Å². The molecule has 1 aliphatic rings. The van der Waals surface area contributed by atoms with Crippen molar-refractivity contribution in [2.45, 2.75) is 16.7 Å². The van der Waals surface area contributed by atoms with Gasteiger partial charge in [-0.3, -0.25) is 0 Å². The topological polar surface area (TPSA) is 72.2 Å². The zero-order chi connectivity index (χ0) is 14.6. The number of halogens is 1. The maximum absolute atomic E-state index is 13.3. The van der Waals surface area contributed by atoms with Gasteiger partial charge in [-0.1, -0.05) is 6.07 Å². The van der Waals surface area contributed by atoms with E-state index >= 15 is 0 Å². The van der Waals surface area contributed by atoms with Crippen LogP contribution in [-0.4, -0.2) is 37.5 Å². The van der Waals surface area contributed by atoms with Crippen LogP contribution in [0.1, 0.15) is 5.56 Å². The van der Waals surface area contributed by atoms with E-state index < -0.39 is 15.8 Å². The highest BCUT2D eigenvalue weighted by Gasteiger charge is 2.22. The number of rotatable bonds is 5. The number of thioether (sulfide) groups is 2. The van der Waals surface area contributed by atoms with E-state index in [0.717, 1.165) is 23.3 Å². The third-order valence-electron chi connectivity index (χ3n) is 2.92. The van der Waals surface area contributed by atoms with Crippen molar-refractivity contribution in [3.8, 4) is 0 Å². The van der Waals surface area contributed by atoms with Crippen molar-refractivity contribution in [1.29, 1.82) is 0 Å². The highest BCUT2D eigenvalue weighted by Crippen LogP contribution is 2.24. The second-order valence-corrected chi connectivity index (χ2v) is 8.67. The number of hydrogen-bond donors (Lipinski definition) is 2. The smallest absolute Gasteiger partial charge is 0.241 e. The van der Waals surface area contributed by atoms with Gasteiger partial charge in [0.25, 0.3) is 0 Å². The van der Waals surface area contributed by atoms with E-state index in [0.29, 0.717) is 12.1 Å². The third-order valence-corrected chi connectivity index (χ3v) is 7.28. The van der Waals surface area contributed by atoms with Gasteiger partial charge in [-0.05, 0) is 17.7 Å². The summed E-state index contributed by atoms with van der Waals surface area (Å²) in [6.45, 7) is 0.422. The minimum Gasteiger partial charge on any atom is -0.326 e. The van der Waals surface area contributed by atoms with Gasteiger partial charge in [-0.2, -0.15) is 23.5 Å². The van der Waals surface area contributed by atoms with E-state index in [4.69, 9.17) is 5.73 Å². The molecule has 112 valence electrons. The summed E-state index contributed by atoms with van der Waals surface area (Å²) in [6.07, 6.45) is 0. The minimum atomic E-state index is -3.72. The van der Waals surface area contributed by atoms with Crippen molar-refractivity contribution in [2.24, 2.45) is 5.73 Å². The molecule has 1 aliphatic heterocycles. The van der Waals surface area contributed by atoms with Gasteiger partial charge < -0.3 is 5.73 Å². The van der Waals surface area contributed by atoms with Crippen LogP contribution in [0.25, 0.3) is 0 Å². The second-order valence-electron chi connectivity index (χ2n) is 4.38. The molecule has 1 unspecified atom stereocenters. The largest absolute Gasteiger partial charge is 0.326 e. The lowest BCUT2D eigenvalue weighted by Gasteiger charge is -2.21. The molecule has 4 nitrogen and oxygen atoms in total. The van der Waals surface area contributed by atoms with Gasteiger partial charge in [0, 0.05) is 35.6 Å². The molecule has 1 atom stereocenters. The molecular formula is C12H17FN2O2S3. The van der Waals surface area contributed by atoms with E-state index in [1.165, 1.54) is 12.1 Å². The van der Waals surface area contributed by atoms with Crippen LogP contribution in [0.5, 0.6) is 0 Å². The average molecular weight is 336 g/mol. The van der Waals surface area contributed by atoms with Gasteiger partial charge in [-0.25, -0.2) is 17.5 Å². The molecule has 3 N–H and O–H groups in total. The maximum Gasteiger partial charge on any atom is 0.241 e. The maximum atomic E-state index is 13.3. The second kappa shape index (κ2) is 7.13. The minimum absolute atomic E-state index is 0.0601. The molecule has 0 spiro atoms. The molecule has 20 heavy (non-hydrogen) atoms. The van der Waals surface area contributed by atoms with Crippen LogP contribution in [0.15, 0.2) is 23.1 Å². The fraction of sp³-hybridized carbons (Fsp3) is 0.500. The Hall–Kier alpha value is -0.280. The Morgan fingerprint density at radius 3 is 2.85 bits per heavy atom. The first kappa shape index (κ1) is 16.1. The van der Waals surface area contributed by atoms with Crippen LogP contribution in [0.4, 0.5) is 4.39 Å². The molecule has 8 heteroatoms. The van der Waals surface area contributed by atoms with Crippen molar-refractivity contribution in [3.63, 3.8) is 0 Å². The molecule has 0 amide bonds. The number of sulfonamides is 1. The molecule has 1 aromatic rings. The summed E-state index contributed by atoms with van der Waals surface area (Å²) in [7, 11) is -3.72. The average Bonchev–Trinajstić information content (AvgIpc) is 2.46. The molecule has 1 fully saturated rings. The summed E-state index contributed by atoms with van der Waals surface area (Å²) in [5.41, 5.74) is 5.94. The van der Waals surface area contributed by atoms with E-state index in [9.17, 15) is 12.8 Å². The monoisotopic (exact) mass is 336 g/mol. The summed E-state index contributed by atoms with van der Waals surface area (Å²) >= 11 is 3.59. The number of nitrogens with two attached hydrogens (primary N) is 1. The van der Waals surface area contributed by atoms with Gasteiger partial charge >= 0.3 is 0 Å². The molecule has 1 aromatic carbocycles. The highest BCUT2D eigenvalue weighted by atomic mass is 32.2. The first-order valence-corrected chi connectivity index (χ1v) is 9.89. The fourth-order valence-corrected chi connectivity index (χ4v) is 5.94. The van der Waals surface area contributed by atoms with Crippen molar-refractivity contribution >= 4 is 33.5 Å². The lowest BCUT2D eigenvalue weighted by molar-refractivity contribution is 0.576. The first-order valence-electron chi connectivity index (χ1n) is 6.20. The Morgan fingerprint density at radius 2 is 2.20 bits per heavy atom. The van der Waals surface area contributed by atoms with Crippen LogP contribution in [-0.2, 0) is 16.6 Å².